The molecule has 2 aliphatic rings. The smallest absolute Gasteiger partial charge is 0.251 e. The van der Waals surface area contributed by atoms with Crippen molar-refractivity contribution >= 4 is 17.5 Å². The van der Waals surface area contributed by atoms with Gasteiger partial charge in [-0.15, -0.1) is 0 Å². The maximum Gasteiger partial charge on any atom is 0.251 e. The second kappa shape index (κ2) is 6.35. The molecule has 130 valence electrons. The normalized spacial score (nSPS) is 19.8. The van der Waals surface area contributed by atoms with Crippen LogP contribution in [0.5, 0.6) is 0 Å². The lowest BCUT2D eigenvalue weighted by atomic mass is 9.93. The number of nitrogens with one attached hydrogen (secondary N) is 1. The average molecular weight is 338 g/mol. The maximum atomic E-state index is 12.6. The van der Waals surface area contributed by atoms with Crippen molar-refractivity contribution < 1.29 is 9.59 Å². The van der Waals surface area contributed by atoms with E-state index in [4.69, 9.17) is 0 Å². The molecule has 1 N–H and O–H groups in total. The quantitative estimate of drug-likeness (QED) is 0.934. The molecule has 2 aromatic rings. The Morgan fingerprint density at radius 2 is 2.00 bits per heavy atom. The van der Waals surface area contributed by atoms with Crippen LogP contribution in [0.25, 0.3) is 0 Å². The molecule has 1 aliphatic carbocycles. The Morgan fingerprint density at radius 3 is 2.72 bits per heavy atom. The van der Waals surface area contributed by atoms with E-state index in [0.29, 0.717) is 12.0 Å². The summed E-state index contributed by atoms with van der Waals surface area (Å²) in [5, 5.41) is 7.60. The van der Waals surface area contributed by atoms with Crippen LogP contribution in [-0.4, -0.2) is 28.1 Å². The SMILES string of the molecule is Cn1cc2c(n1)CCC[C@@H]2NC(=O)c1ccc(N2CCCC2=O)cc1. The first kappa shape index (κ1) is 15.9. The summed E-state index contributed by atoms with van der Waals surface area (Å²) in [4.78, 5) is 26.2. The van der Waals surface area contributed by atoms with Crippen molar-refractivity contribution in [3.63, 3.8) is 0 Å². The average Bonchev–Trinajstić information content (AvgIpc) is 3.20. The van der Waals surface area contributed by atoms with E-state index in [0.717, 1.165) is 49.2 Å². The molecule has 0 spiro atoms. The minimum absolute atomic E-state index is 0.0183. The van der Waals surface area contributed by atoms with Crippen LogP contribution in [0, 0.1) is 0 Å². The summed E-state index contributed by atoms with van der Waals surface area (Å²) in [7, 11) is 1.91. The van der Waals surface area contributed by atoms with Crippen molar-refractivity contribution in [2.75, 3.05) is 11.4 Å². The van der Waals surface area contributed by atoms with E-state index in [1.165, 1.54) is 0 Å². The van der Waals surface area contributed by atoms with E-state index in [-0.39, 0.29) is 17.9 Å². The van der Waals surface area contributed by atoms with E-state index in [1.54, 1.807) is 17.0 Å². The van der Waals surface area contributed by atoms with Crippen LogP contribution >= 0.6 is 0 Å². The highest BCUT2D eigenvalue weighted by atomic mass is 16.2. The molecule has 0 bridgehead atoms. The molecular formula is C19H22N4O2. The summed E-state index contributed by atoms with van der Waals surface area (Å²) >= 11 is 0. The van der Waals surface area contributed by atoms with Gasteiger partial charge >= 0.3 is 0 Å². The van der Waals surface area contributed by atoms with Gasteiger partial charge in [0.1, 0.15) is 0 Å². The number of anilines is 1. The summed E-state index contributed by atoms with van der Waals surface area (Å²) in [6, 6.07) is 7.32. The van der Waals surface area contributed by atoms with Crippen molar-refractivity contribution in [3.05, 3.63) is 47.3 Å². The highest BCUT2D eigenvalue weighted by Crippen LogP contribution is 2.29. The van der Waals surface area contributed by atoms with E-state index >= 15 is 0 Å². The number of rotatable bonds is 3. The van der Waals surface area contributed by atoms with Gasteiger partial charge in [-0.05, 0) is 49.9 Å². The lowest BCUT2D eigenvalue weighted by Crippen LogP contribution is -2.30. The van der Waals surface area contributed by atoms with Gasteiger partial charge in [-0.1, -0.05) is 0 Å². The van der Waals surface area contributed by atoms with Gasteiger partial charge < -0.3 is 10.2 Å². The predicted molar refractivity (Wildman–Crippen MR) is 94.4 cm³/mol. The van der Waals surface area contributed by atoms with Gasteiger partial charge in [-0.2, -0.15) is 5.10 Å². The Bertz CT molecular complexity index is 809. The second-order valence-corrected chi connectivity index (χ2v) is 6.82. The van der Waals surface area contributed by atoms with Crippen LogP contribution in [0.3, 0.4) is 0 Å². The van der Waals surface area contributed by atoms with Gasteiger partial charge in [0.05, 0.1) is 11.7 Å². The third-order valence-corrected chi connectivity index (χ3v) is 5.04. The Morgan fingerprint density at radius 1 is 1.20 bits per heavy atom. The molecule has 6 heteroatoms. The van der Waals surface area contributed by atoms with E-state index in [2.05, 4.69) is 10.4 Å². The molecule has 2 amide bonds. The largest absolute Gasteiger partial charge is 0.345 e. The van der Waals surface area contributed by atoms with Crippen LogP contribution in [-0.2, 0) is 18.3 Å². The molecule has 0 unspecified atom stereocenters. The van der Waals surface area contributed by atoms with Gasteiger partial charge in [0.15, 0.2) is 0 Å². The van der Waals surface area contributed by atoms with Crippen LogP contribution in [0.1, 0.15) is 53.3 Å². The number of hydrogen-bond acceptors (Lipinski definition) is 3. The second-order valence-electron chi connectivity index (χ2n) is 6.82. The molecule has 2 heterocycles. The summed E-state index contributed by atoms with van der Waals surface area (Å²) < 4.78 is 1.82. The van der Waals surface area contributed by atoms with E-state index in [1.807, 2.05) is 30.1 Å². The number of hydrogen-bond donors (Lipinski definition) is 1. The first-order valence-electron chi connectivity index (χ1n) is 8.85. The van der Waals surface area contributed by atoms with Crippen molar-refractivity contribution in [2.24, 2.45) is 7.05 Å². The third-order valence-electron chi connectivity index (χ3n) is 5.04. The summed E-state index contributed by atoms with van der Waals surface area (Å²) in [6.07, 6.45) is 6.45. The maximum absolute atomic E-state index is 12.6. The molecule has 0 saturated carbocycles. The van der Waals surface area contributed by atoms with Crippen LogP contribution < -0.4 is 10.2 Å². The van der Waals surface area contributed by atoms with E-state index in [9.17, 15) is 9.59 Å². The molecule has 1 atom stereocenters. The number of carbonyl (C=O) groups excluding carboxylic acids is 2. The topological polar surface area (TPSA) is 67.2 Å². The number of aryl methyl sites for hydroxylation is 2. The standard InChI is InChI=1S/C19H22N4O2/c1-22-12-15-16(4-2-5-17(15)21-22)20-19(25)13-7-9-14(10-8-13)23-11-3-6-18(23)24/h7-10,12,16H,2-6,11H2,1H3,(H,20,25)/t16-/m0/s1. The van der Waals surface area contributed by atoms with Gasteiger partial charge in [0, 0.05) is 43.0 Å². The van der Waals surface area contributed by atoms with Crippen molar-refractivity contribution in [2.45, 2.75) is 38.1 Å². The monoisotopic (exact) mass is 338 g/mol. The molecule has 1 aliphatic heterocycles. The Balaban J connectivity index is 1.47. The lowest BCUT2D eigenvalue weighted by Gasteiger charge is -2.23. The first-order valence-corrected chi connectivity index (χ1v) is 8.85. The molecule has 6 nitrogen and oxygen atoms in total. The van der Waals surface area contributed by atoms with Gasteiger partial charge in [-0.3, -0.25) is 14.3 Å². The van der Waals surface area contributed by atoms with Gasteiger partial charge in [0.25, 0.3) is 5.91 Å². The zero-order chi connectivity index (χ0) is 17.4. The van der Waals surface area contributed by atoms with E-state index < -0.39 is 0 Å². The molecule has 1 aromatic heterocycles. The highest BCUT2D eigenvalue weighted by Gasteiger charge is 2.25. The predicted octanol–water partition coefficient (Wildman–Crippen LogP) is 2.35. The van der Waals surface area contributed by atoms with Crippen LogP contribution in [0.15, 0.2) is 30.5 Å². The molecule has 4 rings (SSSR count). The number of carbonyl (C=O) groups is 2. The fraction of sp³-hybridized carbons (Fsp3) is 0.421. The zero-order valence-corrected chi connectivity index (χ0v) is 14.4. The summed E-state index contributed by atoms with van der Waals surface area (Å²) in [6.45, 7) is 0.760. The van der Waals surface area contributed by atoms with Crippen molar-refractivity contribution in [1.29, 1.82) is 0 Å². The fourth-order valence-electron chi connectivity index (χ4n) is 3.77. The fourth-order valence-corrected chi connectivity index (χ4v) is 3.77. The third kappa shape index (κ3) is 3.04. The van der Waals surface area contributed by atoms with Gasteiger partial charge in [0.2, 0.25) is 5.91 Å². The minimum atomic E-state index is -0.0824. The number of benzene rings is 1. The molecular weight excluding hydrogens is 316 g/mol. The highest BCUT2D eigenvalue weighted by molar-refractivity contribution is 5.97. The summed E-state index contributed by atoms with van der Waals surface area (Å²) in [5.74, 6) is 0.0736. The Kier molecular flexibility index (Phi) is 4.03. The van der Waals surface area contributed by atoms with Gasteiger partial charge in [-0.25, -0.2) is 0 Å². The van der Waals surface area contributed by atoms with Crippen molar-refractivity contribution in [3.8, 4) is 0 Å². The molecule has 25 heavy (non-hydrogen) atoms. The molecule has 1 saturated heterocycles. The molecule has 1 aromatic carbocycles. The van der Waals surface area contributed by atoms with Crippen molar-refractivity contribution in [1.82, 2.24) is 15.1 Å². The van der Waals surface area contributed by atoms with Crippen LogP contribution in [0.4, 0.5) is 5.69 Å². The first-order chi connectivity index (χ1) is 12.1. The number of aromatic nitrogens is 2. The number of amides is 2. The lowest BCUT2D eigenvalue weighted by molar-refractivity contribution is -0.117. The van der Waals surface area contributed by atoms with Crippen LogP contribution in [0.2, 0.25) is 0 Å². The molecule has 1 fully saturated rings. The zero-order valence-electron chi connectivity index (χ0n) is 14.4. The minimum Gasteiger partial charge on any atom is -0.345 e. The Hall–Kier alpha value is -2.63. The Labute approximate surface area is 146 Å². The number of nitrogens with zero attached hydrogens (tertiary/aromatic N) is 3. The summed E-state index contributed by atoms with van der Waals surface area (Å²) in [5.41, 5.74) is 3.70. The molecule has 0 radical (unpaired) electrons. The number of fused-ring (bicyclic) bond motifs is 1.